The van der Waals surface area contributed by atoms with E-state index in [1.165, 1.54) is 6.42 Å². The van der Waals surface area contributed by atoms with Crippen LogP contribution in [-0.2, 0) is 0 Å². The van der Waals surface area contributed by atoms with Gasteiger partial charge in [0.1, 0.15) is 0 Å². The molecule has 1 saturated heterocycles. The van der Waals surface area contributed by atoms with E-state index in [4.69, 9.17) is 0 Å². The van der Waals surface area contributed by atoms with Crippen molar-refractivity contribution in [2.45, 2.75) is 37.8 Å². The lowest BCUT2D eigenvalue weighted by atomic mass is 9.80. The number of aliphatic hydroxyl groups is 1. The van der Waals surface area contributed by atoms with E-state index < -0.39 is 0 Å². The third kappa shape index (κ3) is 0.867. The zero-order valence-electron chi connectivity index (χ0n) is 6.43. The smallest absolute Gasteiger partial charge is 0.0581 e. The SMILES string of the molecule is C[C@@]12CC[C@H](O)[C@H](CN1)C2. The molecule has 0 aromatic heterocycles. The molecule has 0 aromatic rings. The second-order valence-corrected chi connectivity index (χ2v) is 4.01. The maximum absolute atomic E-state index is 9.47. The summed E-state index contributed by atoms with van der Waals surface area (Å²) in [6.45, 7) is 3.29. The standard InChI is InChI=1S/C8H15NO/c1-8-3-2-7(10)6(4-8)5-9-8/h6-7,9-10H,2-5H2,1H3/t6-,7-,8-/m0/s1. The summed E-state index contributed by atoms with van der Waals surface area (Å²) < 4.78 is 0. The van der Waals surface area contributed by atoms with Crippen molar-refractivity contribution in [3.05, 3.63) is 0 Å². The molecule has 1 aliphatic carbocycles. The fraction of sp³-hybridized carbons (Fsp3) is 1.00. The zero-order valence-corrected chi connectivity index (χ0v) is 6.43. The first kappa shape index (κ1) is 6.62. The number of hydrogen-bond donors (Lipinski definition) is 2. The normalized spacial score (nSPS) is 53.4. The van der Waals surface area contributed by atoms with E-state index in [9.17, 15) is 5.11 Å². The summed E-state index contributed by atoms with van der Waals surface area (Å²) in [7, 11) is 0. The van der Waals surface area contributed by atoms with Gasteiger partial charge < -0.3 is 10.4 Å². The number of fused-ring (bicyclic) bond motifs is 2. The fourth-order valence-corrected chi connectivity index (χ4v) is 2.27. The molecule has 2 rings (SSSR count). The molecule has 1 heterocycles. The van der Waals surface area contributed by atoms with Gasteiger partial charge in [-0.05, 0) is 32.1 Å². The summed E-state index contributed by atoms with van der Waals surface area (Å²) in [5.41, 5.74) is 0.365. The lowest BCUT2D eigenvalue weighted by Gasteiger charge is -2.31. The molecule has 0 unspecified atom stereocenters. The molecule has 2 N–H and O–H groups in total. The largest absolute Gasteiger partial charge is 0.393 e. The Balaban J connectivity index is 2.12. The number of rotatable bonds is 0. The van der Waals surface area contributed by atoms with Gasteiger partial charge in [0.15, 0.2) is 0 Å². The first-order chi connectivity index (χ1) is 4.70. The van der Waals surface area contributed by atoms with Crippen LogP contribution >= 0.6 is 0 Å². The second kappa shape index (κ2) is 1.95. The molecule has 2 fully saturated rings. The van der Waals surface area contributed by atoms with Crippen LogP contribution in [0.25, 0.3) is 0 Å². The molecule has 1 saturated carbocycles. The minimum atomic E-state index is -0.0249. The maximum atomic E-state index is 9.47. The van der Waals surface area contributed by atoms with E-state index >= 15 is 0 Å². The van der Waals surface area contributed by atoms with E-state index in [0.29, 0.717) is 11.5 Å². The molecule has 0 spiro atoms. The summed E-state index contributed by atoms with van der Waals surface area (Å²) in [6, 6.07) is 0. The predicted molar refractivity (Wildman–Crippen MR) is 39.8 cm³/mol. The predicted octanol–water partition coefficient (Wildman–Crippen LogP) is 0.509. The van der Waals surface area contributed by atoms with E-state index in [0.717, 1.165) is 19.4 Å². The number of hydrogen-bond acceptors (Lipinski definition) is 2. The minimum Gasteiger partial charge on any atom is -0.393 e. The van der Waals surface area contributed by atoms with Gasteiger partial charge in [-0.3, -0.25) is 0 Å². The first-order valence-electron chi connectivity index (χ1n) is 4.13. The van der Waals surface area contributed by atoms with Crippen molar-refractivity contribution in [2.75, 3.05) is 6.54 Å². The van der Waals surface area contributed by atoms with Crippen LogP contribution in [0.2, 0.25) is 0 Å². The highest BCUT2D eigenvalue weighted by Gasteiger charge is 2.42. The summed E-state index contributed by atoms with van der Waals surface area (Å²) in [5.74, 6) is 0.541. The van der Waals surface area contributed by atoms with Crippen molar-refractivity contribution >= 4 is 0 Å². The van der Waals surface area contributed by atoms with Crippen LogP contribution in [0.1, 0.15) is 26.2 Å². The highest BCUT2D eigenvalue weighted by atomic mass is 16.3. The Morgan fingerprint density at radius 2 is 2.40 bits per heavy atom. The second-order valence-electron chi connectivity index (χ2n) is 4.01. The van der Waals surface area contributed by atoms with Gasteiger partial charge in [0, 0.05) is 12.1 Å². The summed E-state index contributed by atoms with van der Waals surface area (Å²) in [5, 5.41) is 12.9. The third-order valence-electron chi connectivity index (χ3n) is 3.04. The van der Waals surface area contributed by atoms with Crippen molar-refractivity contribution < 1.29 is 5.11 Å². The number of aliphatic hydroxyl groups excluding tert-OH is 1. The molecule has 2 heteroatoms. The molecular formula is C8H15NO. The highest BCUT2D eigenvalue weighted by Crippen LogP contribution is 2.36. The van der Waals surface area contributed by atoms with Crippen LogP contribution in [-0.4, -0.2) is 23.3 Å². The van der Waals surface area contributed by atoms with Gasteiger partial charge in [-0.25, -0.2) is 0 Å². The van der Waals surface area contributed by atoms with Crippen LogP contribution in [0.3, 0.4) is 0 Å². The molecular weight excluding hydrogens is 126 g/mol. The van der Waals surface area contributed by atoms with Crippen molar-refractivity contribution in [3.63, 3.8) is 0 Å². The van der Waals surface area contributed by atoms with Crippen LogP contribution < -0.4 is 5.32 Å². The Morgan fingerprint density at radius 3 is 3.10 bits per heavy atom. The average molecular weight is 141 g/mol. The van der Waals surface area contributed by atoms with Gasteiger partial charge in [0.05, 0.1) is 6.10 Å². The molecule has 58 valence electrons. The van der Waals surface area contributed by atoms with Crippen molar-refractivity contribution in [1.29, 1.82) is 0 Å². The Bertz CT molecular complexity index is 148. The Morgan fingerprint density at radius 1 is 1.60 bits per heavy atom. The fourth-order valence-electron chi connectivity index (χ4n) is 2.27. The van der Waals surface area contributed by atoms with Crippen LogP contribution in [0, 0.1) is 5.92 Å². The van der Waals surface area contributed by atoms with E-state index in [1.54, 1.807) is 0 Å². The van der Waals surface area contributed by atoms with E-state index in [2.05, 4.69) is 12.2 Å². The maximum Gasteiger partial charge on any atom is 0.0581 e. The monoisotopic (exact) mass is 141 g/mol. The lowest BCUT2D eigenvalue weighted by Crippen LogP contribution is -2.38. The van der Waals surface area contributed by atoms with Crippen LogP contribution in [0.15, 0.2) is 0 Å². The molecule has 0 amide bonds. The first-order valence-corrected chi connectivity index (χ1v) is 4.13. The lowest BCUT2D eigenvalue weighted by molar-refractivity contribution is 0.0760. The van der Waals surface area contributed by atoms with E-state index in [1.807, 2.05) is 0 Å². The van der Waals surface area contributed by atoms with Crippen LogP contribution in [0.4, 0.5) is 0 Å². The molecule has 0 radical (unpaired) electrons. The molecule has 1 aliphatic heterocycles. The van der Waals surface area contributed by atoms with Gasteiger partial charge in [0.25, 0.3) is 0 Å². The van der Waals surface area contributed by atoms with E-state index in [-0.39, 0.29) is 6.10 Å². The summed E-state index contributed by atoms with van der Waals surface area (Å²) in [4.78, 5) is 0. The molecule has 3 atom stereocenters. The Kier molecular flexibility index (Phi) is 1.29. The van der Waals surface area contributed by atoms with Crippen molar-refractivity contribution in [1.82, 2.24) is 5.32 Å². The molecule has 10 heavy (non-hydrogen) atoms. The van der Waals surface area contributed by atoms with Gasteiger partial charge >= 0.3 is 0 Å². The molecule has 2 bridgehead atoms. The van der Waals surface area contributed by atoms with Crippen molar-refractivity contribution in [2.24, 2.45) is 5.92 Å². The molecule has 0 aromatic carbocycles. The van der Waals surface area contributed by atoms with Gasteiger partial charge in [-0.1, -0.05) is 0 Å². The highest BCUT2D eigenvalue weighted by molar-refractivity contribution is 4.99. The van der Waals surface area contributed by atoms with Gasteiger partial charge in [-0.2, -0.15) is 0 Å². The number of nitrogens with one attached hydrogen (secondary N) is 1. The van der Waals surface area contributed by atoms with Crippen LogP contribution in [0.5, 0.6) is 0 Å². The zero-order chi connectivity index (χ0) is 7.19. The summed E-state index contributed by atoms with van der Waals surface area (Å²) in [6.07, 6.45) is 3.29. The average Bonchev–Trinajstić information content (AvgIpc) is 2.23. The quantitative estimate of drug-likeness (QED) is 0.515. The third-order valence-corrected chi connectivity index (χ3v) is 3.04. The van der Waals surface area contributed by atoms with Crippen molar-refractivity contribution in [3.8, 4) is 0 Å². The molecule has 2 aliphatic rings. The Labute approximate surface area is 61.6 Å². The topological polar surface area (TPSA) is 32.3 Å². The molecule has 2 nitrogen and oxygen atoms in total. The van der Waals surface area contributed by atoms with Gasteiger partial charge in [-0.15, -0.1) is 0 Å². The van der Waals surface area contributed by atoms with Gasteiger partial charge in [0.2, 0.25) is 0 Å². The Hall–Kier alpha value is -0.0800. The summed E-state index contributed by atoms with van der Waals surface area (Å²) >= 11 is 0. The minimum absolute atomic E-state index is 0.0249.